The molecule has 238 valence electrons. The fourth-order valence-corrected chi connectivity index (χ4v) is 8.51. The van der Waals surface area contributed by atoms with Crippen molar-refractivity contribution >= 4 is 67.2 Å². The lowest BCUT2D eigenvalue weighted by atomic mass is 10.1. The minimum Gasteiger partial charge on any atom is -0.369 e. The van der Waals surface area contributed by atoms with E-state index in [1.807, 2.05) is 0 Å². The van der Waals surface area contributed by atoms with E-state index in [1.54, 1.807) is 6.21 Å². The van der Waals surface area contributed by atoms with Crippen LogP contribution in [0.25, 0.3) is 11.2 Å². The molecule has 10 atom stereocenters. The summed E-state index contributed by atoms with van der Waals surface area (Å²) in [5, 5.41) is 0. The number of aliphatic imine (C=N–C) groups is 1. The Morgan fingerprint density at radius 1 is 1.02 bits per heavy atom. The van der Waals surface area contributed by atoms with Gasteiger partial charge in [-0.25, -0.2) is 28.5 Å². The first kappa shape index (κ1) is 30.5. The van der Waals surface area contributed by atoms with Crippen molar-refractivity contribution in [1.82, 2.24) is 29.1 Å². The molecule has 4 aliphatic rings. The summed E-state index contributed by atoms with van der Waals surface area (Å²) in [6.07, 6.45) is -4.34. The van der Waals surface area contributed by atoms with Crippen molar-refractivity contribution in [3.63, 3.8) is 0 Å². The maximum Gasteiger partial charge on any atom is 0.386 e. The highest BCUT2D eigenvalue weighted by Crippen LogP contribution is 2.60. The third kappa shape index (κ3) is 5.57. The lowest BCUT2D eigenvalue weighted by Crippen LogP contribution is -2.33. The van der Waals surface area contributed by atoms with Crippen LogP contribution < -0.4 is 17.0 Å². The number of nitrogens with two attached hydrogens (primary N) is 2. The van der Waals surface area contributed by atoms with Crippen molar-refractivity contribution in [1.29, 1.82) is 0 Å². The number of alkyl halides is 1. The summed E-state index contributed by atoms with van der Waals surface area (Å²) in [4.78, 5) is 31.4. The fourth-order valence-electron chi connectivity index (χ4n) is 5.52. The molecule has 0 aliphatic carbocycles. The summed E-state index contributed by atoms with van der Waals surface area (Å²) < 4.78 is 79.9. The lowest BCUT2D eigenvalue weighted by Gasteiger charge is -2.26. The van der Waals surface area contributed by atoms with E-state index in [-0.39, 0.29) is 30.1 Å². The van der Waals surface area contributed by atoms with Crippen molar-refractivity contribution in [3.05, 3.63) is 28.7 Å². The van der Waals surface area contributed by atoms with Crippen LogP contribution in [0.2, 0.25) is 0 Å². The standard InChI is InChI=1S/C21H26FN9O9P2S2/c22-12-15-11(38-20(12)30-6-26-13-9(23)1-2-25-16(13)30)5-36-41(33,43)39-10-3-8(4-35-42(34,44)40-15)37-19(10)31-7-27-14-17(31)28-21(24)29-18(14)32/h2,6-12,15,19-20H,1,3-5,23H2,(H,33,43)(H,34,44)(H3,24,28,29,32)/t8-,9?,10+,11+,12-,15+,19+,20+,41?,42?/m0/s1. The second kappa shape index (κ2) is 11.3. The summed E-state index contributed by atoms with van der Waals surface area (Å²) >= 11 is 8.19. The van der Waals surface area contributed by atoms with Gasteiger partial charge in [-0.1, -0.05) is 24.5 Å². The largest absolute Gasteiger partial charge is 0.386 e. The zero-order valence-corrected chi connectivity index (χ0v) is 25.9. The second-order valence-corrected chi connectivity index (χ2v) is 16.2. The summed E-state index contributed by atoms with van der Waals surface area (Å²) in [5.74, 6) is 0.129. The van der Waals surface area contributed by atoms with Gasteiger partial charge in [0.15, 0.2) is 35.6 Å². The summed E-state index contributed by atoms with van der Waals surface area (Å²) in [5.41, 5.74) is 11.7. The van der Waals surface area contributed by atoms with Gasteiger partial charge in [0, 0.05) is 19.1 Å². The molecule has 18 nitrogen and oxygen atoms in total. The highest BCUT2D eigenvalue weighted by Gasteiger charge is 2.52. The zero-order chi connectivity index (χ0) is 31.0. The Labute approximate surface area is 257 Å². The first-order valence-corrected chi connectivity index (χ1v) is 18.6. The van der Waals surface area contributed by atoms with E-state index in [4.69, 9.17) is 39.0 Å². The highest BCUT2D eigenvalue weighted by molar-refractivity contribution is 8.44. The topological polar surface area (TPSA) is 235 Å². The number of aromatic amines is 1. The predicted molar refractivity (Wildman–Crippen MR) is 157 cm³/mol. The number of nitrogen functional groups attached to an aromatic ring is 1. The van der Waals surface area contributed by atoms with Crippen LogP contribution in [0.1, 0.15) is 37.0 Å². The maximum absolute atomic E-state index is 16.0. The smallest absolute Gasteiger partial charge is 0.369 e. The molecule has 3 fully saturated rings. The molecule has 3 saturated heterocycles. The summed E-state index contributed by atoms with van der Waals surface area (Å²) in [6, 6.07) is -0.436. The molecule has 23 heteroatoms. The number of nitrogens with one attached hydrogen (secondary N) is 1. The molecule has 0 saturated carbocycles. The van der Waals surface area contributed by atoms with Gasteiger partial charge < -0.3 is 20.9 Å². The van der Waals surface area contributed by atoms with Crippen molar-refractivity contribution in [2.24, 2.45) is 10.7 Å². The normalized spacial score (nSPS) is 39.4. The Morgan fingerprint density at radius 3 is 2.59 bits per heavy atom. The average molecular weight is 694 g/mol. The van der Waals surface area contributed by atoms with E-state index in [2.05, 4.69) is 49.4 Å². The van der Waals surface area contributed by atoms with Gasteiger partial charge in [0.1, 0.15) is 24.0 Å². The summed E-state index contributed by atoms with van der Waals surface area (Å²) in [6.45, 7) is -9.36. The molecule has 0 aromatic carbocycles. The first-order valence-electron chi connectivity index (χ1n) is 13.2. The van der Waals surface area contributed by atoms with E-state index >= 15 is 4.39 Å². The number of fused-ring (bicyclic) bond motifs is 5. The number of aromatic nitrogens is 6. The molecule has 0 spiro atoms. The molecule has 7 rings (SSSR count). The van der Waals surface area contributed by atoms with E-state index in [9.17, 15) is 13.9 Å². The number of hydrogen-bond acceptors (Lipinski definition) is 15. The second-order valence-electron chi connectivity index (χ2n) is 10.4. The Hall–Kier alpha value is -2.16. The molecule has 0 radical (unpaired) electrons. The van der Waals surface area contributed by atoms with E-state index in [0.29, 0.717) is 17.9 Å². The first-order chi connectivity index (χ1) is 20.9. The Bertz CT molecular complexity index is 1790. The van der Waals surface area contributed by atoms with Crippen LogP contribution in [0, 0.1) is 0 Å². The van der Waals surface area contributed by atoms with Crippen molar-refractivity contribution in [3.8, 4) is 0 Å². The number of hydrogen-bond donors (Lipinski definition) is 5. The van der Waals surface area contributed by atoms with Crippen LogP contribution in [0.4, 0.5) is 16.2 Å². The Balaban J connectivity index is 1.18. The molecule has 7 heterocycles. The number of anilines is 1. The number of rotatable bonds is 2. The van der Waals surface area contributed by atoms with E-state index < -0.39 is 74.8 Å². The van der Waals surface area contributed by atoms with Crippen LogP contribution in [-0.4, -0.2) is 79.1 Å². The van der Waals surface area contributed by atoms with E-state index in [0.717, 1.165) is 0 Å². The van der Waals surface area contributed by atoms with Gasteiger partial charge in [-0.15, -0.1) is 0 Å². The van der Waals surface area contributed by atoms with Crippen LogP contribution in [0.5, 0.6) is 0 Å². The van der Waals surface area contributed by atoms with Crippen LogP contribution in [0.15, 0.2) is 22.4 Å². The van der Waals surface area contributed by atoms with Crippen LogP contribution in [-0.2, 0) is 36.7 Å². The Kier molecular flexibility index (Phi) is 7.81. The molecular weight excluding hydrogens is 667 g/mol. The number of thiol groups is 2. The molecule has 4 aliphatic heterocycles. The van der Waals surface area contributed by atoms with Gasteiger partial charge in [0.25, 0.3) is 5.56 Å². The molecule has 3 aromatic heterocycles. The lowest BCUT2D eigenvalue weighted by molar-refractivity contribution is -0.0563. The third-order valence-corrected chi connectivity index (χ3v) is 10.7. The van der Waals surface area contributed by atoms with Gasteiger partial charge in [-0.05, 0) is 0 Å². The molecule has 3 aromatic rings. The molecule has 3 unspecified atom stereocenters. The van der Waals surface area contributed by atoms with Gasteiger partial charge in [0.05, 0.1) is 38.0 Å². The SMILES string of the molecule is Nc1nc2c(ncn2[C@@H]2O[C@@H]3COP(=O)(S)O[C@H]4[C@H](F)[C@H](n5cnc6c5N=CCC6N)O[C@@H]4COP(=O)(S)O[C@@H]2C3)c(=O)[nH]1. The number of nitrogens with zero attached hydrogens (tertiary/aromatic N) is 6. The molecular formula is C21H26FN9O9P2S2. The third-order valence-electron chi connectivity index (χ3n) is 7.48. The average Bonchev–Trinajstić information content (AvgIpc) is 3.72. The van der Waals surface area contributed by atoms with Crippen LogP contribution in [0.3, 0.4) is 0 Å². The van der Waals surface area contributed by atoms with Gasteiger partial charge in [-0.3, -0.25) is 37.0 Å². The fraction of sp³-hybridized carbons (Fsp3) is 0.571. The van der Waals surface area contributed by atoms with E-state index in [1.165, 1.54) is 21.8 Å². The number of H-pyrrole nitrogens is 1. The predicted octanol–water partition coefficient (Wildman–Crippen LogP) is 2.12. The minimum absolute atomic E-state index is 0.0270. The molecule has 2 bridgehead atoms. The van der Waals surface area contributed by atoms with Crippen molar-refractivity contribution in [2.75, 3.05) is 18.9 Å². The molecule has 5 N–H and O–H groups in total. The minimum atomic E-state index is -4.25. The summed E-state index contributed by atoms with van der Waals surface area (Å²) in [7, 11) is 0. The monoisotopic (exact) mass is 693 g/mol. The van der Waals surface area contributed by atoms with Crippen LogP contribution >= 0.6 is 38.1 Å². The van der Waals surface area contributed by atoms with Gasteiger partial charge in [0.2, 0.25) is 5.95 Å². The Morgan fingerprint density at radius 2 is 1.77 bits per heavy atom. The number of imidazole rings is 2. The zero-order valence-electron chi connectivity index (χ0n) is 22.4. The molecule has 44 heavy (non-hydrogen) atoms. The van der Waals surface area contributed by atoms with Crippen molar-refractivity contribution in [2.45, 2.75) is 61.9 Å². The van der Waals surface area contributed by atoms with Gasteiger partial charge >= 0.3 is 13.6 Å². The maximum atomic E-state index is 16.0. The number of ether oxygens (including phenoxy) is 2. The molecule has 0 amide bonds. The van der Waals surface area contributed by atoms with Gasteiger partial charge in [-0.2, -0.15) is 4.98 Å². The quantitative estimate of drug-likeness (QED) is 0.191. The highest BCUT2D eigenvalue weighted by atomic mass is 32.7. The number of halogens is 1. The van der Waals surface area contributed by atoms with Crippen molar-refractivity contribution < 1.29 is 41.1 Å².